The summed E-state index contributed by atoms with van der Waals surface area (Å²) in [5.74, 6) is 0.383. The Morgan fingerprint density at radius 3 is 2.56 bits per heavy atom. The molecule has 1 unspecified atom stereocenters. The molecule has 6 nitrogen and oxygen atoms in total. The zero-order valence-corrected chi connectivity index (χ0v) is 15.8. The number of halogens is 2. The van der Waals surface area contributed by atoms with E-state index in [1.807, 2.05) is 11.8 Å². The molecular weight excluding hydrogens is 363 g/mol. The molecule has 0 bridgehead atoms. The Balaban J connectivity index is 0.00000225. The van der Waals surface area contributed by atoms with Gasteiger partial charge in [0.1, 0.15) is 0 Å². The van der Waals surface area contributed by atoms with E-state index in [4.69, 9.17) is 17.3 Å². The Morgan fingerprint density at radius 2 is 2.00 bits per heavy atom. The average molecular weight is 387 g/mol. The van der Waals surface area contributed by atoms with Crippen molar-refractivity contribution in [3.05, 3.63) is 28.8 Å². The van der Waals surface area contributed by atoms with Gasteiger partial charge in [-0.3, -0.25) is 9.69 Å². The van der Waals surface area contributed by atoms with Gasteiger partial charge in [0, 0.05) is 37.9 Å². The highest BCUT2D eigenvalue weighted by atomic mass is 35.5. The van der Waals surface area contributed by atoms with Gasteiger partial charge in [-0.25, -0.2) is 4.79 Å². The van der Waals surface area contributed by atoms with Crippen molar-refractivity contribution in [2.24, 2.45) is 11.7 Å². The van der Waals surface area contributed by atoms with E-state index in [-0.39, 0.29) is 30.4 Å². The van der Waals surface area contributed by atoms with Gasteiger partial charge in [-0.1, -0.05) is 11.6 Å². The van der Waals surface area contributed by atoms with Gasteiger partial charge in [0.15, 0.2) is 0 Å². The fourth-order valence-electron chi connectivity index (χ4n) is 3.36. The summed E-state index contributed by atoms with van der Waals surface area (Å²) in [7, 11) is 0. The number of likely N-dealkylation sites (tertiary alicyclic amines) is 1. The molecule has 8 heteroatoms. The van der Waals surface area contributed by atoms with Crippen LogP contribution in [0.2, 0.25) is 5.02 Å². The van der Waals surface area contributed by atoms with Crippen LogP contribution in [-0.4, -0.2) is 49.1 Å². The van der Waals surface area contributed by atoms with Crippen molar-refractivity contribution >= 4 is 41.6 Å². The largest absolute Gasteiger partial charge is 0.339 e. The van der Waals surface area contributed by atoms with Crippen LogP contribution in [0.5, 0.6) is 0 Å². The predicted molar refractivity (Wildman–Crippen MR) is 102 cm³/mol. The van der Waals surface area contributed by atoms with Crippen molar-refractivity contribution in [1.82, 2.24) is 10.2 Å². The number of nitrogens with one attached hydrogen (secondary N) is 1. The van der Waals surface area contributed by atoms with E-state index >= 15 is 0 Å². The van der Waals surface area contributed by atoms with Crippen LogP contribution in [-0.2, 0) is 0 Å². The van der Waals surface area contributed by atoms with E-state index in [1.165, 1.54) is 0 Å². The average Bonchev–Trinajstić information content (AvgIpc) is 3.01. The zero-order valence-electron chi connectivity index (χ0n) is 14.2. The minimum Gasteiger partial charge on any atom is -0.339 e. The van der Waals surface area contributed by atoms with Gasteiger partial charge in [0.25, 0.3) is 5.91 Å². The lowest BCUT2D eigenvalue weighted by atomic mass is 9.90. The van der Waals surface area contributed by atoms with Gasteiger partial charge in [-0.05, 0) is 43.9 Å². The van der Waals surface area contributed by atoms with E-state index in [2.05, 4.69) is 5.32 Å². The summed E-state index contributed by atoms with van der Waals surface area (Å²) in [5, 5.41) is 3.17. The van der Waals surface area contributed by atoms with Crippen LogP contribution in [0.1, 0.15) is 30.1 Å². The molecule has 1 atom stereocenters. The van der Waals surface area contributed by atoms with Gasteiger partial charge in [0.05, 0.1) is 10.6 Å². The number of nitrogens with zero attached hydrogens (tertiary/aromatic N) is 2. The molecule has 2 heterocycles. The summed E-state index contributed by atoms with van der Waals surface area (Å²) in [6.07, 6.45) is 1.82. The van der Waals surface area contributed by atoms with Crippen LogP contribution in [0.4, 0.5) is 10.5 Å². The van der Waals surface area contributed by atoms with Crippen molar-refractivity contribution in [1.29, 1.82) is 0 Å². The Labute approximate surface area is 159 Å². The third-order valence-electron chi connectivity index (χ3n) is 4.92. The fraction of sp³-hybridized carbons (Fsp3) is 0.529. The molecule has 0 spiro atoms. The van der Waals surface area contributed by atoms with Crippen molar-refractivity contribution in [2.45, 2.75) is 25.8 Å². The Kier molecular flexibility index (Phi) is 6.54. The number of hydrogen-bond acceptors (Lipinski definition) is 3. The molecule has 0 aromatic heterocycles. The van der Waals surface area contributed by atoms with Crippen LogP contribution < -0.4 is 16.0 Å². The molecule has 25 heavy (non-hydrogen) atoms. The SMILES string of the molecule is CC(N)C1CCN(C(=O)c2cc(N3CCNC3=O)ccc2Cl)CC1.Cl. The van der Waals surface area contributed by atoms with Gasteiger partial charge >= 0.3 is 6.03 Å². The van der Waals surface area contributed by atoms with Gasteiger partial charge in [0.2, 0.25) is 0 Å². The van der Waals surface area contributed by atoms with Crippen molar-refractivity contribution in [2.75, 3.05) is 31.1 Å². The molecule has 0 radical (unpaired) electrons. The smallest absolute Gasteiger partial charge is 0.321 e. The number of amides is 3. The molecule has 0 aliphatic carbocycles. The molecule has 3 rings (SSSR count). The molecule has 2 aliphatic rings. The van der Waals surface area contributed by atoms with Crippen LogP contribution in [0, 0.1) is 5.92 Å². The van der Waals surface area contributed by atoms with Crippen molar-refractivity contribution in [3.63, 3.8) is 0 Å². The summed E-state index contributed by atoms with van der Waals surface area (Å²) in [6, 6.07) is 5.18. The van der Waals surface area contributed by atoms with Crippen LogP contribution in [0.25, 0.3) is 0 Å². The maximum absolute atomic E-state index is 12.8. The summed E-state index contributed by atoms with van der Waals surface area (Å²) in [6.45, 7) is 4.60. The second-order valence-corrected chi connectivity index (χ2v) is 6.94. The first-order valence-corrected chi connectivity index (χ1v) is 8.75. The maximum atomic E-state index is 12.8. The number of carbonyl (C=O) groups excluding carboxylic acids is 2. The number of carbonyl (C=O) groups is 2. The first-order chi connectivity index (χ1) is 11.5. The summed E-state index contributed by atoms with van der Waals surface area (Å²) < 4.78 is 0. The molecule has 3 amide bonds. The Bertz CT molecular complexity index is 646. The number of rotatable bonds is 3. The number of anilines is 1. The third-order valence-corrected chi connectivity index (χ3v) is 5.25. The van der Waals surface area contributed by atoms with Crippen molar-refractivity contribution in [3.8, 4) is 0 Å². The maximum Gasteiger partial charge on any atom is 0.321 e. The van der Waals surface area contributed by atoms with Crippen LogP contribution in [0.3, 0.4) is 0 Å². The first kappa shape index (κ1) is 19.8. The monoisotopic (exact) mass is 386 g/mol. The van der Waals surface area contributed by atoms with Gasteiger partial charge < -0.3 is 16.0 Å². The standard InChI is InChI=1S/C17H23ClN4O2.ClH/c1-11(19)12-4-7-21(8-5-12)16(23)14-10-13(2-3-15(14)18)22-9-6-20-17(22)24;/h2-3,10-12H,4-9,19H2,1H3,(H,20,24);1H. The highest BCUT2D eigenvalue weighted by Crippen LogP contribution is 2.27. The lowest BCUT2D eigenvalue weighted by molar-refractivity contribution is 0.0681. The first-order valence-electron chi connectivity index (χ1n) is 8.37. The van der Waals surface area contributed by atoms with Gasteiger partial charge in [-0.15, -0.1) is 12.4 Å². The Hall–Kier alpha value is -1.50. The third kappa shape index (κ3) is 4.19. The Morgan fingerprint density at radius 1 is 1.32 bits per heavy atom. The van der Waals surface area contributed by atoms with E-state index in [1.54, 1.807) is 23.1 Å². The number of nitrogens with two attached hydrogens (primary N) is 1. The highest BCUT2D eigenvalue weighted by Gasteiger charge is 2.28. The molecular formula is C17H24Cl2N4O2. The normalized spacial score (nSPS) is 19.4. The van der Waals surface area contributed by atoms with Crippen molar-refractivity contribution < 1.29 is 9.59 Å². The molecule has 2 saturated heterocycles. The molecule has 3 N–H and O–H groups in total. The minimum absolute atomic E-state index is 0. The van der Waals surface area contributed by atoms with Crippen LogP contribution in [0.15, 0.2) is 18.2 Å². The van der Waals surface area contributed by atoms with Gasteiger partial charge in [-0.2, -0.15) is 0 Å². The molecule has 138 valence electrons. The van der Waals surface area contributed by atoms with E-state index < -0.39 is 0 Å². The molecule has 2 aliphatic heterocycles. The highest BCUT2D eigenvalue weighted by molar-refractivity contribution is 6.34. The second kappa shape index (κ2) is 8.25. The second-order valence-electron chi connectivity index (χ2n) is 6.54. The lowest BCUT2D eigenvalue weighted by Gasteiger charge is -2.34. The molecule has 1 aromatic rings. The zero-order chi connectivity index (χ0) is 17.3. The topological polar surface area (TPSA) is 78.7 Å². The molecule has 2 fully saturated rings. The fourth-order valence-corrected chi connectivity index (χ4v) is 3.56. The van der Waals surface area contributed by atoms with Crippen LogP contribution >= 0.6 is 24.0 Å². The summed E-state index contributed by atoms with van der Waals surface area (Å²) >= 11 is 6.25. The molecule has 1 aromatic carbocycles. The van der Waals surface area contributed by atoms with E-state index in [0.29, 0.717) is 48.4 Å². The predicted octanol–water partition coefficient (Wildman–Crippen LogP) is 2.49. The summed E-state index contributed by atoms with van der Waals surface area (Å²) in [4.78, 5) is 28.1. The lowest BCUT2D eigenvalue weighted by Crippen LogP contribution is -2.42. The number of hydrogen-bond donors (Lipinski definition) is 2. The molecule has 0 saturated carbocycles. The number of urea groups is 1. The van der Waals surface area contributed by atoms with E-state index in [0.717, 1.165) is 12.8 Å². The quantitative estimate of drug-likeness (QED) is 0.837. The minimum atomic E-state index is -0.145. The summed E-state index contributed by atoms with van der Waals surface area (Å²) in [5.41, 5.74) is 7.11. The number of benzene rings is 1. The number of piperidine rings is 1. The van der Waals surface area contributed by atoms with E-state index in [9.17, 15) is 9.59 Å².